The lowest BCUT2D eigenvalue weighted by Crippen LogP contribution is -2.31. The van der Waals surface area contributed by atoms with Crippen LogP contribution in [0.2, 0.25) is 0 Å². The van der Waals surface area contributed by atoms with Gasteiger partial charge in [-0.3, -0.25) is 14.9 Å². The van der Waals surface area contributed by atoms with E-state index in [4.69, 9.17) is 5.14 Å². The average Bonchev–Trinajstić information content (AvgIpc) is 2.83. The Balaban J connectivity index is 1.62. The molecule has 5 N–H and O–H groups in total. The van der Waals surface area contributed by atoms with Gasteiger partial charge in [0, 0.05) is 66.1 Å². The van der Waals surface area contributed by atoms with Crippen molar-refractivity contribution in [1.82, 2.24) is 24.6 Å². The van der Waals surface area contributed by atoms with Crippen LogP contribution in [0.15, 0.2) is 42.7 Å². The van der Waals surface area contributed by atoms with Crippen molar-refractivity contribution in [2.24, 2.45) is 5.14 Å². The highest BCUT2D eigenvalue weighted by atomic mass is 32.2. The quantitative estimate of drug-likeness (QED) is 0.339. The Hall–Kier alpha value is -3.21. The third kappa shape index (κ3) is 6.31. The summed E-state index contributed by atoms with van der Waals surface area (Å²) in [4.78, 5) is 26.5. The van der Waals surface area contributed by atoms with Crippen LogP contribution in [0.5, 0.6) is 0 Å². The Bertz CT molecular complexity index is 1240. The number of carbonyl (C=O) groups is 1. The van der Waals surface area contributed by atoms with Gasteiger partial charge >= 0.3 is 0 Å². The van der Waals surface area contributed by atoms with Crippen LogP contribution in [-0.2, 0) is 18.4 Å². The highest BCUT2D eigenvalue weighted by Crippen LogP contribution is 2.28. The molecule has 1 aliphatic rings. The Morgan fingerprint density at radius 2 is 1.86 bits per heavy atom. The standard InChI is InChI=1S/C26H34N8OS/c1-16(2)30-24(35)21-14-29-25(32-19-7-6-18-15-34(36-27)11-9-17(18)12-19)33-23(21)31-20-8-10-28-22(13-20)26(3,4)5/h6-8,10,12-14,16H,9,11,15,27H2,1-5H3,(H,30,35)(H2,28,29,31,32,33). The van der Waals surface area contributed by atoms with E-state index in [9.17, 15) is 4.79 Å². The molecule has 0 atom stereocenters. The van der Waals surface area contributed by atoms with Crippen LogP contribution in [0.1, 0.15) is 61.8 Å². The van der Waals surface area contributed by atoms with E-state index in [1.165, 1.54) is 23.3 Å². The first-order valence-corrected chi connectivity index (χ1v) is 12.9. The molecule has 3 heterocycles. The fourth-order valence-corrected chi connectivity index (χ4v) is 4.33. The number of carbonyl (C=O) groups excluding carboxylic acids is 1. The lowest BCUT2D eigenvalue weighted by atomic mass is 9.91. The topological polar surface area (TPSA) is 121 Å². The molecule has 1 aliphatic heterocycles. The number of nitrogens with zero attached hydrogens (tertiary/aromatic N) is 4. The Labute approximate surface area is 217 Å². The largest absolute Gasteiger partial charge is 0.350 e. The smallest absolute Gasteiger partial charge is 0.256 e. The first-order chi connectivity index (χ1) is 17.1. The van der Waals surface area contributed by atoms with E-state index < -0.39 is 0 Å². The highest BCUT2D eigenvalue weighted by molar-refractivity contribution is 7.94. The van der Waals surface area contributed by atoms with Crippen molar-refractivity contribution in [1.29, 1.82) is 0 Å². The SMILES string of the molecule is CC(C)NC(=O)c1cnc(Nc2ccc3c(c2)CCN(SN)C3)nc1Nc1ccnc(C(C)(C)C)c1. The molecule has 1 amide bonds. The number of amides is 1. The number of rotatable bonds is 7. The number of pyridine rings is 1. The molecule has 0 unspecified atom stereocenters. The molecule has 190 valence electrons. The summed E-state index contributed by atoms with van der Waals surface area (Å²) in [5, 5.41) is 15.3. The van der Waals surface area contributed by atoms with E-state index in [2.05, 4.69) is 68.1 Å². The number of nitrogens with two attached hydrogens (primary N) is 1. The zero-order valence-electron chi connectivity index (χ0n) is 21.4. The number of fused-ring (bicyclic) bond motifs is 1. The van der Waals surface area contributed by atoms with Crippen LogP contribution in [0, 0.1) is 0 Å². The third-order valence-corrected chi connectivity index (χ3v) is 6.44. The molecule has 4 rings (SSSR count). The number of hydrogen-bond acceptors (Lipinski definition) is 9. The molecule has 0 saturated heterocycles. The minimum absolute atomic E-state index is 0.0133. The molecule has 3 aromatic rings. The molecule has 9 nitrogen and oxygen atoms in total. The van der Waals surface area contributed by atoms with Crippen LogP contribution in [-0.4, -0.2) is 37.8 Å². The van der Waals surface area contributed by atoms with Gasteiger partial charge < -0.3 is 16.0 Å². The number of anilines is 4. The highest BCUT2D eigenvalue weighted by Gasteiger charge is 2.20. The first kappa shape index (κ1) is 25.9. The summed E-state index contributed by atoms with van der Waals surface area (Å²) in [7, 11) is 0. The Kier molecular flexibility index (Phi) is 7.77. The normalized spacial score (nSPS) is 13.9. The van der Waals surface area contributed by atoms with Crippen molar-refractivity contribution < 1.29 is 4.79 Å². The molecule has 0 spiro atoms. The summed E-state index contributed by atoms with van der Waals surface area (Å²) >= 11 is 1.28. The summed E-state index contributed by atoms with van der Waals surface area (Å²) in [6, 6.07) is 10.1. The van der Waals surface area contributed by atoms with Crippen molar-refractivity contribution >= 4 is 41.2 Å². The lowest BCUT2D eigenvalue weighted by Gasteiger charge is -2.26. The predicted molar refractivity (Wildman–Crippen MR) is 146 cm³/mol. The van der Waals surface area contributed by atoms with Crippen molar-refractivity contribution in [2.75, 3.05) is 17.2 Å². The molecule has 10 heteroatoms. The van der Waals surface area contributed by atoms with Crippen molar-refractivity contribution in [3.05, 3.63) is 65.1 Å². The molecule has 0 saturated carbocycles. The van der Waals surface area contributed by atoms with Crippen molar-refractivity contribution in [2.45, 2.75) is 59.0 Å². The number of nitrogens with one attached hydrogen (secondary N) is 3. The van der Waals surface area contributed by atoms with Gasteiger partial charge in [-0.2, -0.15) is 4.98 Å². The molecule has 0 aliphatic carbocycles. The van der Waals surface area contributed by atoms with E-state index in [-0.39, 0.29) is 17.4 Å². The van der Waals surface area contributed by atoms with E-state index in [0.717, 1.165) is 36.6 Å². The number of benzene rings is 1. The summed E-state index contributed by atoms with van der Waals surface area (Å²) in [5.74, 6) is 0.587. The molecular formula is C26H34N8OS. The zero-order valence-corrected chi connectivity index (χ0v) is 22.2. The van der Waals surface area contributed by atoms with Gasteiger partial charge in [-0.05, 0) is 55.7 Å². The van der Waals surface area contributed by atoms with Crippen LogP contribution in [0.3, 0.4) is 0 Å². The van der Waals surface area contributed by atoms with Crippen LogP contribution in [0.25, 0.3) is 0 Å². The van der Waals surface area contributed by atoms with Crippen LogP contribution >= 0.6 is 12.1 Å². The molecule has 2 aromatic heterocycles. The van der Waals surface area contributed by atoms with E-state index in [0.29, 0.717) is 17.3 Å². The molecule has 0 radical (unpaired) electrons. The van der Waals surface area contributed by atoms with Gasteiger partial charge in [0.2, 0.25) is 5.95 Å². The van der Waals surface area contributed by atoms with Crippen molar-refractivity contribution in [3.63, 3.8) is 0 Å². The lowest BCUT2D eigenvalue weighted by molar-refractivity contribution is 0.0943. The number of aromatic nitrogens is 3. The van der Waals surface area contributed by atoms with Gasteiger partial charge in [-0.25, -0.2) is 9.29 Å². The fourth-order valence-electron chi connectivity index (χ4n) is 3.92. The van der Waals surface area contributed by atoms with Gasteiger partial charge in [-0.15, -0.1) is 0 Å². The average molecular weight is 507 g/mol. The van der Waals surface area contributed by atoms with E-state index in [1.807, 2.05) is 32.0 Å². The summed E-state index contributed by atoms with van der Waals surface area (Å²) in [6.07, 6.45) is 4.24. The maximum atomic E-state index is 12.9. The van der Waals surface area contributed by atoms with Crippen LogP contribution in [0.4, 0.5) is 23.1 Å². The molecule has 36 heavy (non-hydrogen) atoms. The fraction of sp³-hybridized carbons (Fsp3) is 0.385. The maximum Gasteiger partial charge on any atom is 0.256 e. The Morgan fingerprint density at radius 1 is 1.08 bits per heavy atom. The van der Waals surface area contributed by atoms with Crippen LogP contribution < -0.4 is 21.1 Å². The van der Waals surface area contributed by atoms with Gasteiger partial charge in [0.05, 0.1) is 0 Å². The molecule has 0 fully saturated rings. The summed E-state index contributed by atoms with van der Waals surface area (Å²) < 4.78 is 2.14. The Morgan fingerprint density at radius 3 is 2.58 bits per heavy atom. The summed E-state index contributed by atoms with van der Waals surface area (Å²) in [6.45, 7) is 11.9. The first-order valence-electron chi connectivity index (χ1n) is 12.0. The van der Waals surface area contributed by atoms with E-state index in [1.54, 1.807) is 12.4 Å². The molecular weight excluding hydrogens is 472 g/mol. The van der Waals surface area contributed by atoms with E-state index >= 15 is 0 Å². The monoisotopic (exact) mass is 506 g/mol. The summed E-state index contributed by atoms with van der Waals surface area (Å²) in [5.41, 5.74) is 5.44. The third-order valence-electron chi connectivity index (χ3n) is 5.83. The van der Waals surface area contributed by atoms with Gasteiger partial charge in [0.25, 0.3) is 5.91 Å². The minimum atomic E-state index is -0.236. The van der Waals surface area contributed by atoms with Gasteiger partial charge in [0.1, 0.15) is 11.4 Å². The molecule has 1 aromatic carbocycles. The zero-order chi connectivity index (χ0) is 25.9. The second-order valence-electron chi connectivity index (χ2n) is 10.2. The minimum Gasteiger partial charge on any atom is -0.350 e. The van der Waals surface area contributed by atoms with Gasteiger partial charge in [0.15, 0.2) is 0 Å². The van der Waals surface area contributed by atoms with Gasteiger partial charge in [-0.1, -0.05) is 26.8 Å². The maximum absolute atomic E-state index is 12.9. The van der Waals surface area contributed by atoms with Crippen molar-refractivity contribution in [3.8, 4) is 0 Å². The molecule has 0 bridgehead atoms. The predicted octanol–water partition coefficient (Wildman–Crippen LogP) is 4.67. The second kappa shape index (κ2) is 10.8. The number of hydrogen-bond donors (Lipinski definition) is 4. The second-order valence-corrected chi connectivity index (χ2v) is 10.9.